The van der Waals surface area contributed by atoms with Crippen molar-refractivity contribution in [3.63, 3.8) is 0 Å². The lowest BCUT2D eigenvalue weighted by atomic mass is 9.83. The molecule has 1 aliphatic rings. The van der Waals surface area contributed by atoms with E-state index < -0.39 is 0 Å². The van der Waals surface area contributed by atoms with Crippen molar-refractivity contribution >= 4 is 0 Å². The molecule has 0 bridgehead atoms. The van der Waals surface area contributed by atoms with E-state index in [0.717, 1.165) is 12.3 Å². The lowest BCUT2D eigenvalue weighted by Gasteiger charge is -2.40. The number of rotatable bonds is 6. The molecule has 0 saturated heterocycles. The molecule has 0 heterocycles. The topological polar surface area (TPSA) is 49.5 Å². The van der Waals surface area contributed by atoms with Crippen molar-refractivity contribution in [1.29, 1.82) is 0 Å². The second-order valence-corrected chi connectivity index (χ2v) is 5.57. The molecule has 0 aromatic rings. The zero-order valence-corrected chi connectivity index (χ0v) is 11.7. The minimum atomic E-state index is 0.0916. The first-order chi connectivity index (χ1) is 8.13. The fraction of sp³-hybridized carbons (Fsp3) is 1.00. The predicted octanol–water partition coefficient (Wildman–Crippen LogP) is 1.99. The Morgan fingerprint density at radius 3 is 2.24 bits per heavy atom. The molecule has 0 spiro atoms. The zero-order chi connectivity index (χ0) is 12.8. The van der Waals surface area contributed by atoms with Crippen molar-refractivity contribution in [3.8, 4) is 0 Å². The lowest BCUT2D eigenvalue weighted by molar-refractivity contribution is 0.0648. The number of hydrogen-bond donors (Lipinski definition) is 2. The van der Waals surface area contributed by atoms with Gasteiger partial charge in [0.15, 0.2) is 0 Å². The average Bonchev–Trinajstić information content (AvgIpc) is 2.39. The first kappa shape index (κ1) is 14.9. The van der Waals surface area contributed by atoms with Crippen molar-refractivity contribution < 1.29 is 5.11 Å². The minimum Gasteiger partial charge on any atom is -0.395 e. The first-order valence-electron chi connectivity index (χ1n) is 7.22. The summed E-state index contributed by atoms with van der Waals surface area (Å²) in [5, 5.41) is 9.51. The van der Waals surface area contributed by atoms with E-state index >= 15 is 0 Å². The van der Waals surface area contributed by atoms with Gasteiger partial charge in [0, 0.05) is 18.1 Å². The van der Waals surface area contributed by atoms with E-state index in [2.05, 4.69) is 25.8 Å². The Bertz CT molecular complexity index is 202. The van der Waals surface area contributed by atoms with E-state index in [1.807, 2.05) is 0 Å². The van der Waals surface area contributed by atoms with Gasteiger partial charge in [-0.15, -0.1) is 0 Å². The number of aliphatic hydroxyl groups excluding tert-OH is 1. The highest BCUT2D eigenvalue weighted by molar-refractivity contribution is 4.86. The molecule has 17 heavy (non-hydrogen) atoms. The fourth-order valence-corrected chi connectivity index (χ4v) is 3.07. The van der Waals surface area contributed by atoms with Gasteiger partial charge in [-0.3, -0.25) is 4.90 Å². The Morgan fingerprint density at radius 1 is 1.24 bits per heavy atom. The molecule has 0 aliphatic heterocycles. The summed E-state index contributed by atoms with van der Waals surface area (Å²) in [5.41, 5.74) is 6.09. The van der Waals surface area contributed by atoms with Crippen LogP contribution in [0.4, 0.5) is 0 Å². The monoisotopic (exact) mass is 242 g/mol. The molecule has 1 rings (SSSR count). The molecule has 3 N–H and O–H groups in total. The SMILES string of the molecule is CCC1CCC(N(C)C(CO)C(N)CC)CC1. The van der Waals surface area contributed by atoms with Crippen LogP contribution >= 0.6 is 0 Å². The van der Waals surface area contributed by atoms with Crippen LogP contribution in [0.3, 0.4) is 0 Å². The number of likely N-dealkylation sites (N-methyl/N-ethyl adjacent to an activating group) is 1. The molecule has 2 unspecified atom stereocenters. The molecule has 1 aliphatic carbocycles. The summed E-state index contributed by atoms with van der Waals surface area (Å²) in [6, 6.07) is 0.838. The molecular weight excluding hydrogens is 212 g/mol. The van der Waals surface area contributed by atoms with E-state index in [1.165, 1.54) is 32.1 Å². The summed E-state index contributed by atoms with van der Waals surface area (Å²) in [7, 11) is 2.13. The first-order valence-corrected chi connectivity index (χ1v) is 7.22. The second-order valence-electron chi connectivity index (χ2n) is 5.57. The molecule has 2 atom stereocenters. The molecule has 1 fully saturated rings. The van der Waals surface area contributed by atoms with Crippen molar-refractivity contribution in [1.82, 2.24) is 4.90 Å². The van der Waals surface area contributed by atoms with Crippen molar-refractivity contribution in [2.24, 2.45) is 11.7 Å². The summed E-state index contributed by atoms with van der Waals surface area (Å²) < 4.78 is 0. The van der Waals surface area contributed by atoms with Crippen molar-refractivity contribution in [3.05, 3.63) is 0 Å². The molecule has 1 saturated carbocycles. The average molecular weight is 242 g/mol. The van der Waals surface area contributed by atoms with Crippen LogP contribution in [0.5, 0.6) is 0 Å². The molecule has 3 nitrogen and oxygen atoms in total. The normalized spacial score (nSPS) is 29.3. The lowest BCUT2D eigenvalue weighted by Crippen LogP contribution is -2.52. The summed E-state index contributed by atoms with van der Waals surface area (Å²) in [6.45, 7) is 4.56. The molecular formula is C14H30N2O. The molecule has 0 aromatic carbocycles. The summed E-state index contributed by atoms with van der Waals surface area (Å²) in [4.78, 5) is 2.33. The predicted molar refractivity (Wildman–Crippen MR) is 72.9 cm³/mol. The Labute approximate surface area is 106 Å². The minimum absolute atomic E-state index is 0.0916. The smallest absolute Gasteiger partial charge is 0.0601 e. The van der Waals surface area contributed by atoms with E-state index in [1.54, 1.807) is 0 Å². The second kappa shape index (κ2) is 7.34. The Kier molecular flexibility index (Phi) is 6.45. The Morgan fingerprint density at radius 2 is 1.82 bits per heavy atom. The third kappa shape index (κ3) is 3.94. The van der Waals surface area contributed by atoms with Gasteiger partial charge in [-0.1, -0.05) is 20.3 Å². The molecule has 0 aromatic heterocycles. The van der Waals surface area contributed by atoms with Crippen LogP contribution in [0.15, 0.2) is 0 Å². The van der Waals surface area contributed by atoms with Crippen LogP contribution in [0.2, 0.25) is 0 Å². The number of hydrogen-bond acceptors (Lipinski definition) is 3. The number of nitrogens with two attached hydrogens (primary N) is 1. The highest BCUT2D eigenvalue weighted by Gasteiger charge is 2.29. The van der Waals surface area contributed by atoms with Crippen molar-refractivity contribution in [2.75, 3.05) is 13.7 Å². The summed E-state index contributed by atoms with van der Waals surface area (Å²) >= 11 is 0. The Balaban J connectivity index is 2.48. The highest BCUT2D eigenvalue weighted by atomic mass is 16.3. The van der Waals surface area contributed by atoms with Crippen LogP contribution < -0.4 is 5.73 Å². The maximum atomic E-state index is 9.51. The highest BCUT2D eigenvalue weighted by Crippen LogP contribution is 2.30. The van der Waals surface area contributed by atoms with Gasteiger partial charge in [0.1, 0.15) is 0 Å². The van der Waals surface area contributed by atoms with Crippen LogP contribution in [-0.4, -0.2) is 41.8 Å². The summed E-state index contributed by atoms with van der Waals surface area (Å²) in [6.07, 6.45) is 7.45. The quantitative estimate of drug-likeness (QED) is 0.749. The van der Waals surface area contributed by atoms with E-state index in [-0.39, 0.29) is 18.7 Å². The maximum Gasteiger partial charge on any atom is 0.0601 e. The largest absolute Gasteiger partial charge is 0.395 e. The van der Waals surface area contributed by atoms with E-state index in [0.29, 0.717) is 6.04 Å². The van der Waals surface area contributed by atoms with Gasteiger partial charge in [-0.05, 0) is 45.1 Å². The van der Waals surface area contributed by atoms with Crippen LogP contribution in [0, 0.1) is 5.92 Å². The van der Waals surface area contributed by atoms with Gasteiger partial charge in [-0.2, -0.15) is 0 Å². The van der Waals surface area contributed by atoms with E-state index in [9.17, 15) is 5.11 Å². The molecule has 102 valence electrons. The maximum absolute atomic E-state index is 9.51. The number of nitrogens with zero attached hydrogens (tertiary/aromatic N) is 1. The van der Waals surface area contributed by atoms with Gasteiger partial charge in [0.05, 0.1) is 6.61 Å². The van der Waals surface area contributed by atoms with Gasteiger partial charge in [-0.25, -0.2) is 0 Å². The van der Waals surface area contributed by atoms with Crippen LogP contribution in [-0.2, 0) is 0 Å². The van der Waals surface area contributed by atoms with E-state index in [4.69, 9.17) is 5.73 Å². The molecule has 0 radical (unpaired) electrons. The van der Waals surface area contributed by atoms with Crippen molar-refractivity contribution in [2.45, 2.75) is 70.5 Å². The van der Waals surface area contributed by atoms with Gasteiger partial charge < -0.3 is 10.8 Å². The van der Waals surface area contributed by atoms with Gasteiger partial charge >= 0.3 is 0 Å². The van der Waals surface area contributed by atoms with Crippen LogP contribution in [0.1, 0.15) is 52.4 Å². The standard InChI is InChI=1S/C14H30N2O/c1-4-11-6-8-12(9-7-11)16(3)14(10-17)13(15)5-2/h11-14,17H,4-10,15H2,1-3H3. The van der Waals surface area contributed by atoms with Crippen LogP contribution in [0.25, 0.3) is 0 Å². The third-order valence-corrected chi connectivity index (χ3v) is 4.65. The molecule has 0 amide bonds. The van der Waals surface area contributed by atoms with Gasteiger partial charge in [0.25, 0.3) is 0 Å². The zero-order valence-electron chi connectivity index (χ0n) is 11.7. The third-order valence-electron chi connectivity index (χ3n) is 4.65. The number of aliphatic hydroxyl groups is 1. The molecule has 3 heteroatoms. The fourth-order valence-electron chi connectivity index (χ4n) is 3.07. The van der Waals surface area contributed by atoms with Gasteiger partial charge in [0.2, 0.25) is 0 Å². The summed E-state index contributed by atoms with van der Waals surface area (Å²) in [5.74, 6) is 0.923. The Hall–Kier alpha value is -0.120.